The molecule has 2 N–H and O–H groups in total. The number of anilines is 2. The largest absolute Gasteiger partial charge is 0.393 e. The molecule has 3 fully saturated rings. The summed E-state index contributed by atoms with van der Waals surface area (Å²) in [4.78, 5) is 2.23. The molecule has 3 atom stereocenters. The summed E-state index contributed by atoms with van der Waals surface area (Å²) in [6.07, 6.45) is 6.84. The third kappa shape index (κ3) is 2.90. The molecule has 0 radical (unpaired) electrons. The number of hydrogen-bond donors (Lipinski definition) is 2. The Morgan fingerprint density at radius 1 is 1.13 bits per heavy atom. The number of piperidine rings is 1. The average molecular weight is 311 g/mol. The topological polar surface area (TPSA) is 59.3 Å². The van der Waals surface area contributed by atoms with Crippen molar-refractivity contribution in [2.45, 2.75) is 50.7 Å². The van der Waals surface area contributed by atoms with Gasteiger partial charge in [-0.2, -0.15) is 5.26 Å². The zero-order valence-electron chi connectivity index (χ0n) is 13.5. The number of fused-ring (bicyclic) bond motifs is 2. The minimum absolute atomic E-state index is 0.185. The summed E-state index contributed by atoms with van der Waals surface area (Å²) in [5, 5.41) is 22.9. The van der Waals surface area contributed by atoms with E-state index in [0.717, 1.165) is 54.7 Å². The van der Waals surface area contributed by atoms with Gasteiger partial charge in [-0.15, -0.1) is 0 Å². The molecule has 1 aliphatic heterocycles. The highest BCUT2D eigenvalue weighted by atomic mass is 16.3. The summed E-state index contributed by atoms with van der Waals surface area (Å²) in [6.45, 7) is 1.66. The molecule has 4 nitrogen and oxygen atoms in total. The van der Waals surface area contributed by atoms with E-state index in [1.54, 1.807) is 0 Å². The second kappa shape index (κ2) is 6.05. The number of rotatable bonds is 3. The molecule has 0 aromatic heterocycles. The van der Waals surface area contributed by atoms with Crippen LogP contribution < -0.4 is 10.2 Å². The quantitative estimate of drug-likeness (QED) is 0.900. The number of hydrogen-bond acceptors (Lipinski definition) is 4. The highest BCUT2D eigenvalue weighted by Gasteiger charge is 2.39. The van der Waals surface area contributed by atoms with Gasteiger partial charge in [0.2, 0.25) is 0 Å². The van der Waals surface area contributed by atoms with Crippen molar-refractivity contribution < 1.29 is 5.11 Å². The molecule has 2 saturated carbocycles. The van der Waals surface area contributed by atoms with E-state index in [0.29, 0.717) is 6.04 Å². The summed E-state index contributed by atoms with van der Waals surface area (Å²) in [5.41, 5.74) is 2.84. The van der Waals surface area contributed by atoms with Gasteiger partial charge in [-0.3, -0.25) is 0 Å². The van der Waals surface area contributed by atoms with E-state index in [2.05, 4.69) is 28.4 Å². The summed E-state index contributed by atoms with van der Waals surface area (Å²) >= 11 is 0. The Morgan fingerprint density at radius 2 is 1.96 bits per heavy atom. The fourth-order valence-electron chi connectivity index (χ4n) is 4.73. The van der Waals surface area contributed by atoms with Gasteiger partial charge in [0.15, 0.2) is 0 Å². The minimum Gasteiger partial charge on any atom is -0.393 e. The third-order valence-corrected chi connectivity index (χ3v) is 6.01. The predicted molar refractivity (Wildman–Crippen MR) is 91.5 cm³/mol. The van der Waals surface area contributed by atoms with E-state index in [9.17, 15) is 10.4 Å². The number of nitrogens with zero attached hydrogens (tertiary/aromatic N) is 2. The number of aliphatic hydroxyl groups excluding tert-OH is 1. The molecular weight excluding hydrogens is 286 g/mol. The molecule has 2 bridgehead atoms. The van der Waals surface area contributed by atoms with Gasteiger partial charge in [-0.1, -0.05) is 6.42 Å². The second-order valence-electron chi connectivity index (χ2n) is 7.49. The van der Waals surface area contributed by atoms with Crippen LogP contribution in [0.4, 0.5) is 11.4 Å². The van der Waals surface area contributed by atoms with Gasteiger partial charge in [0.25, 0.3) is 0 Å². The molecule has 0 spiro atoms. The molecule has 3 aliphatic rings. The lowest BCUT2D eigenvalue weighted by atomic mass is 9.95. The van der Waals surface area contributed by atoms with Crippen LogP contribution in [-0.4, -0.2) is 30.3 Å². The average Bonchev–Trinajstić information content (AvgIpc) is 3.18. The molecule has 1 saturated heterocycles. The van der Waals surface area contributed by atoms with Crippen LogP contribution in [0.1, 0.15) is 44.1 Å². The monoisotopic (exact) mass is 311 g/mol. The Hall–Kier alpha value is -1.73. The van der Waals surface area contributed by atoms with Gasteiger partial charge < -0.3 is 15.3 Å². The third-order valence-electron chi connectivity index (χ3n) is 6.01. The molecule has 0 amide bonds. The van der Waals surface area contributed by atoms with Crippen LogP contribution in [0.5, 0.6) is 0 Å². The summed E-state index contributed by atoms with van der Waals surface area (Å²) in [6, 6.07) is 9.15. The van der Waals surface area contributed by atoms with Crippen molar-refractivity contribution in [1.82, 2.24) is 0 Å². The number of nitrogens with one attached hydrogen (secondary N) is 1. The van der Waals surface area contributed by atoms with Gasteiger partial charge in [0.05, 0.1) is 17.4 Å². The lowest BCUT2D eigenvalue weighted by Gasteiger charge is -2.32. The van der Waals surface area contributed by atoms with Crippen LogP contribution in [0.2, 0.25) is 0 Å². The van der Waals surface area contributed by atoms with Gasteiger partial charge in [-0.25, -0.2) is 0 Å². The first-order chi connectivity index (χ1) is 11.2. The van der Waals surface area contributed by atoms with Gasteiger partial charge >= 0.3 is 0 Å². The standard InChI is InChI=1S/C19H25N3O/c20-12-15-11-16(21-18-10-13-1-2-14(18)9-13)3-4-19(15)22-7-5-17(23)6-8-22/h3-4,11,13-14,17-18,21,23H,1-2,5-10H2. The van der Waals surface area contributed by atoms with Gasteiger partial charge in [0.1, 0.15) is 6.07 Å². The second-order valence-corrected chi connectivity index (χ2v) is 7.49. The normalized spacial score (nSPS) is 30.4. The van der Waals surface area contributed by atoms with Gasteiger partial charge in [-0.05, 0) is 62.1 Å². The van der Waals surface area contributed by atoms with Crippen molar-refractivity contribution in [3.63, 3.8) is 0 Å². The van der Waals surface area contributed by atoms with Crippen molar-refractivity contribution in [3.05, 3.63) is 23.8 Å². The number of nitriles is 1. The van der Waals surface area contributed by atoms with E-state index in [-0.39, 0.29) is 6.10 Å². The molecular formula is C19H25N3O. The Balaban J connectivity index is 1.49. The summed E-state index contributed by atoms with van der Waals surface area (Å²) < 4.78 is 0. The minimum atomic E-state index is -0.185. The highest BCUT2D eigenvalue weighted by molar-refractivity contribution is 5.66. The Kier molecular flexibility index (Phi) is 3.90. The predicted octanol–water partition coefficient (Wildman–Crippen LogP) is 3.12. The Morgan fingerprint density at radius 3 is 2.61 bits per heavy atom. The van der Waals surface area contributed by atoms with E-state index in [4.69, 9.17) is 0 Å². The van der Waals surface area contributed by atoms with Crippen LogP contribution in [0.25, 0.3) is 0 Å². The van der Waals surface area contributed by atoms with E-state index in [1.165, 1.54) is 25.7 Å². The molecule has 2 aliphatic carbocycles. The number of benzene rings is 1. The van der Waals surface area contributed by atoms with E-state index in [1.807, 2.05) is 6.07 Å². The first-order valence-corrected chi connectivity index (χ1v) is 8.96. The molecule has 3 unspecified atom stereocenters. The maximum absolute atomic E-state index is 9.65. The van der Waals surface area contributed by atoms with Crippen LogP contribution in [0.3, 0.4) is 0 Å². The smallest absolute Gasteiger partial charge is 0.101 e. The Bertz CT molecular complexity index is 616. The molecule has 4 heteroatoms. The van der Waals surface area contributed by atoms with Crippen molar-refractivity contribution in [3.8, 4) is 6.07 Å². The van der Waals surface area contributed by atoms with Crippen LogP contribution in [0.15, 0.2) is 18.2 Å². The zero-order valence-corrected chi connectivity index (χ0v) is 13.5. The molecule has 1 heterocycles. The van der Waals surface area contributed by atoms with Crippen molar-refractivity contribution in [1.29, 1.82) is 5.26 Å². The van der Waals surface area contributed by atoms with E-state index < -0.39 is 0 Å². The maximum atomic E-state index is 9.65. The van der Waals surface area contributed by atoms with Crippen LogP contribution >= 0.6 is 0 Å². The lowest BCUT2D eigenvalue weighted by molar-refractivity contribution is 0.145. The molecule has 1 aromatic carbocycles. The van der Waals surface area contributed by atoms with Crippen LogP contribution in [-0.2, 0) is 0 Å². The zero-order chi connectivity index (χ0) is 15.8. The van der Waals surface area contributed by atoms with Crippen molar-refractivity contribution >= 4 is 11.4 Å². The van der Waals surface area contributed by atoms with E-state index >= 15 is 0 Å². The van der Waals surface area contributed by atoms with Crippen molar-refractivity contribution in [2.75, 3.05) is 23.3 Å². The Labute approximate surface area is 138 Å². The first-order valence-electron chi connectivity index (χ1n) is 8.96. The lowest BCUT2D eigenvalue weighted by Crippen LogP contribution is -2.36. The molecule has 122 valence electrons. The van der Waals surface area contributed by atoms with Crippen molar-refractivity contribution in [2.24, 2.45) is 11.8 Å². The SMILES string of the molecule is N#Cc1cc(NC2CC3CCC2C3)ccc1N1CCC(O)CC1. The molecule has 4 rings (SSSR count). The molecule has 1 aromatic rings. The number of aliphatic hydroxyl groups is 1. The highest BCUT2D eigenvalue weighted by Crippen LogP contribution is 2.45. The summed E-state index contributed by atoms with van der Waals surface area (Å²) in [5.74, 6) is 1.75. The molecule has 23 heavy (non-hydrogen) atoms. The fraction of sp³-hybridized carbons (Fsp3) is 0.632. The summed E-state index contributed by atoms with van der Waals surface area (Å²) in [7, 11) is 0. The van der Waals surface area contributed by atoms with Gasteiger partial charge in [0, 0.05) is 24.8 Å². The maximum Gasteiger partial charge on any atom is 0.101 e. The first kappa shape index (κ1) is 14.8. The fourth-order valence-corrected chi connectivity index (χ4v) is 4.73. The van der Waals surface area contributed by atoms with Crippen LogP contribution in [0, 0.1) is 23.2 Å².